The first-order valence-corrected chi connectivity index (χ1v) is 13.3. The van der Waals surface area contributed by atoms with Gasteiger partial charge in [0.15, 0.2) is 11.5 Å². The molecule has 36 heavy (non-hydrogen) atoms. The molecule has 0 aromatic carbocycles. The van der Waals surface area contributed by atoms with Crippen LogP contribution in [0.2, 0.25) is 0 Å². The number of pyridine rings is 2. The topological polar surface area (TPSA) is 80.1 Å². The Balaban J connectivity index is 1.31. The van der Waals surface area contributed by atoms with Gasteiger partial charge in [0.2, 0.25) is 0 Å². The summed E-state index contributed by atoms with van der Waals surface area (Å²) in [6.07, 6.45) is 11.6. The minimum Gasteiger partial charge on any atom is -0.381 e. The van der Waals surface area contributed by atoms with Gasteiger partial charge in [0.05, 0.1) is 23.1 Å². The van der Waals surface area contributed by atoms with E-state index in [0.29, 0.717) is 23.2 Å². The second-order valence-corrected chi connectivity index (χ2v) is 10.9. The summed E-state index contributed by atoms with van der Waals surface area (Å²) in [4.78, 5) is 12.5. The lowest BCUT2D eigenvalue weighted by Crippen LogP contribution is -2.43. The van der Waals surface area contributed by atoms with Crippen molar-refractivity contribution in [3.8, 4) is 11.3 Å². The molecule has 0 radical (unpaired) electrons. The minimum absolute atomic E-state index is 0.143. The van der Waals surface area contributed by atoms with E-state index in [9.17, 15) is 0 Å². The second kappa shape index (κ2) is 9.56. The van der Waals surface area contributed by atoms with Crippen molar-refractivity contribution in [3.63, 3.8) is 0 Å². The Labute approximate surface area is 210 Å². The van der Waals surface area contributed by atoms with Gasteiger partial charge in [-0.3, -0.25) is 4.98 Å². The molecule has 0 bridgehead atoms. The monoisotopic (exact) mass is 490 g/mol. The van der Waals surface area contributed by atoms with Crippen LogP contribution in [0.1, 0.15) is 81.0 Å². The zero-order valence-electron chi connectivity index (χ0n) is 21.4. The highest BCUT2D eigenvalue weighted by atomic mass is 19.1. The van der Waals surface area contributed by atoms with Crippen LogP contribution < -0.4 is 5.32 Å². The summed E-state index contributed by atoms with van der Waals surface area (Å²) < 4.78 is 23.5. The van der Waals surface area contributed by atoms with Crippen LogP contribution in [0.4, 0.5) is 4.39 Å². The van der Waals surface area contributed by atoms with Crippen molar-refractivity contribution >= 4 is 16.6 Å². The third kappa shape index (κ3) is 4.20. The molecule has 1 aliphatic heterocycles. The van der Waals surface area contributed by atoms with Crippen molar-refractivity contribution in [2.45, 2.75) is 83.2 Å². The lowest BCUT2D eigenvalue weighted by Gasteiger charge is -2.33. The van der Waals surface area contributed by atoms with Crippen LogP contribution in [-0.2, 0) is 4.74 Å². The van der Waals surface area contributed by atoms with Gasteiger partial charge >= 0.3 is 0 Å². The largest absolute Gasteiger partial charge is 0.381 e. The van der Waals surface area contributed by atoms with Crippen molar-refractivity contribution < 1.29 is 9.13 Å². The molecule has 0 unspecified atom stereocenters. The molecule has 190 valence electrons. The summed E-state index contributed by atoms with van der Waals surface area (Å²) in [5, 5.41) is 8.83. The van der Waals surface area contributed by atoms with E-state index in [0.717, 1.165) is 85.3 Å². The number of aromatic nitrogens is 5. The fourth-order valence-corrected chi connectivity index (χ4v) is 6.24. The number of rotatable bonds is 5. The van der Waals surface area contributed by atoms with E-state index >= 15 is 4.39 Å². The Morgan fingerprint density at radius 3 is 2.58 bits per heavy atom. The number of aryl methyl sites for hydroxylation is 1. The number of ether oxygens (including phenoxy) is 1. The number of H-pyrrole nitrogens is 1. The normalized spacial score (nSPS) is 21.7. The van der Waals surface area contributed by atoms with Crippen LogP contribution in [0.25, 0.3) is 27.8 Å². The van der Waals surface area contributed by atoms with Crippen molar-refractivity contribution in [2.24, 2.45) is 0 Å². The lowest BCUT2D eigenvalue weighted by molar-refractivity contribution is 0.0728. The molecular formula is C28H35FN6O. The van der Waals surface area contributed by atoms with Crippen molar-refractivity contribution in [1.82, 2.24) is 29.9 Å². The molecule has 0 spiro atoms. The van der Waals surface area contributed by atoms with Crippen LogP contribution in [0.5, 0.6) is 0 Å². The standard InChI is InChI=1S/C28H35FN6O/c1-16(2)23-24-22(34-26(23)19-12-17(3)28-31-15-32-35(28)14-19)13-30-27(25(24)29)18-4-6-20(7-5-18)33-21-8-10-36-11-9-21/h12-16,18,20-21,33-34H,4-11H2,1-3H3. The van der Waals surface area contributed by atoms with Gasteiger partial charge < -0.3 is 15.0 Å². The van der Waals surface area contributed by atoms with Gasteiger partial charge in [-0.1, -0.05) is 13.8 Å². The number of fused-ring (bicyclic) bond motifs is 2. The number of halogens is 1. The van der Waals surface area contributed by atoms with Crippen LogP contribution in [0.3, 0.4) is 0 Å². The molecule has 2 N–H and O–H groups in total. The predicted octanol–water partition coefficient (Wildman–Crippen LogP) is 5.64. The Kier molecular flexibility index (Phi) is 6.25. The quantitative estimate of drug-likeness (QED) is 0.379. The first kappa shape index (κ1) is 23.6. The third-order valence-corrected chi connectivity index (χ3v) is 8.08. The second-order valence-electron chi connectivity index (χ2n) is 10.9. The summed E-state index contributed by atoms with van der Waals surface area (Å²) >= 11 is 0. The fraction of sp³-hybridized carbons (Fsp3) is 0.536. The number of nitrogens with one attached hydrogen (secondary N) is 2. The summed E-state index contributed by atoms with van der Waals surface area (Å²) in [6, 6.07) is 3.16. The molecule has 1 saturated heterocycles. The van der Waals surface area contributed by atoms with E-state index in [1.807, 2.05) is 19.3 Å². The van der Waals surface area contributed by atoms with Crippen molar-refractivity contribution in [3.05, 3.63) is 47.4 Å². The molecule has 6 rings (SSSR count). The van der Waals surface area contributed by atoms with Crippen molar-refractivity contribution in [1.29, 1.82) is 0 Å². The zero-order chi connectivity index (χ0) is 24.8. The molecule has 7 nitrogen and oxygen atoms in total. The van der Waals surface area contributed by atoms with E-state index in [4.69, 9.17) is 4.74 Å². The molecule has 4 aromatic heterocycles. The molecule has 1 aliphatic carbocycles. The Morgan fingerprint density at radius 2 is 1.83 bits per heavy atom. The Bertz CT molecular complexity index is 1380. The Hall–Kier alpha value is -2.84. The first-order valence-electron chi connectivity index (χ1n) is 13.3. The van der Waals surface area contributed by atoms with Crippen molar-refractivity contribution in [2.75, 3.05) is 13.2 Å². The smallest absolute Gasteiger partial charge is 0.158 e. The average molecular weight is 491 g/mol. The highest BCUT2D eigenvalue weighted by Gasteiger charge is 2.30. The lowest BCUT2D eigenvalue weighted by atomic mass is 9.82. The van der Waals surface area contributed by atoms with E-state index in [1.165, 1.54) is 0 Å². The summed E-state index contributed by atoms with van der Waals surface area (Å²) in [5.41, 5.74) is 6.15. The third-order valence-electron chi connectivity index (χ3n) is 8.08. The maximum Gasteiger partial charge on any atom is 0.158 e. The molecule has 0 amide bonds. The number of hydrogen-bond donors (Lipinski definition) is 2. The van der Waals surface area contributed by atoms with Crippen LogP contribution in [0.15, 0.2) is 24.8 Å². The molecule has 4 aromatic rings. The fourth-order valence-electron chi connectivity index (χ4n) is 6.24. The number of hydrogen-bond acceptors (Lipinski definition) is 5. The van der Waals surface area contributed by atoms with E-state index < -0.39 is 0 Å². The maximum atomic E-state index is 16.2. The van der Waals surface area contributed by atoms with E-state index in [2.05, 4.69) is 45.3 Å². The van der Waals surface area contributed by atoms with Gasteiger partial charge in [-0.2, -0.15) is 5.10 Å². The Morgan fingerprint density at radius 1 is 1.08 bits per heavy atom. The minimum atomic E-state index is -0.155. The van der Waals surface area contributed by atoms with Gasteiger partial charge in [-0.05, 0) is 68.6 Å². The number of aromatic amines is 1. The molecule has 5 heterocycles. The molecule has 8 heteroatoms. The highest BCUT2D eigenvalue weighted by molar-refractivity contribution is 5.92. The van der Waals surface area contributed by atoms with Gasteiger partial charge in [0, 0.05) is 48.4 Å². The van der Waals surface area contributed by atoms with Gasteiger partial charge in [0.25, 0.3) is 0 Å². The number of nitrogens with zero attached hydrogens (tertiary/aromatic N) is 4. The molecule has 0 atom stereocenters. The molecular weight excluding hydrogens is 455 g/mol. The van der Waals surface area contributed by atoms with E-state index in [1.54, 1.807) is 10.8 Å². The van der Waals surface area contributed by atoms with Gasteiger partial charge in [-0.15, -0.1) is 0 Å². The van der Waals surface area contributed by atoms with Gasteiger partial charge in [0.1, 0.15) is 6.33 Å². The summed E-state index contributed by atoms with van der Waals surface area (Å²) in [6.45, 7) is 7.98. The highest BCUT2D eigenvalue weighted by Crippen LogP contribution is 2.41. The maximum absolute atomic E-state index is 16.2. The SMILES string of the molecule is Cc1cc(-c2[nH]c3cnc(C4CCC(NC5CCOCC5)CC4)c(F)c3c2C(C)C)cn2ncnc12. The average Bonchev–Trinajstić information content (AvgIpc) is 3.51. The van der Waals surface area contributed by atoms with Crippen LogP contribution in [-0.4, -0.2) is 49.9 Å². The van der Waals surface area contributed by atoms with Crippen LogP contribution in [0, 0.1) is 12.7 Å². The zero-order valence-corrected chi connectivity index (χ0v) is 21.4. The summed E-state index contributed by atoms with van der Waals surface area (Å²) in [5.74, 6) is 0.150. The van der Waals surface area contributed by atoms with Gasteiger partial charge in [-0.25, -0.2) is 13.9 Å². The molecule has 2 fully saturated rings. The first-order chi connectivity index (χ1) is 17.5. The van der Waals surface area contributed by atoms with E-state index in [-0.39, 0.29) is 17.7 Å². The summed E-state index contributed by atoms with van der Waals surface area (Å²) in [7, 11) is 0. The molecule has 2 aliphatic rings. The van der Waals surface area contributed by atoms with Crippen LogP contribution >= 0.6 is 0 Å². The predicted molar refractivity (Wildman–Crippen MR) is 139 cm³/mol. The molecule has 1 saturated carbocycles.